The summed E-state index contributed by atoms with van der Waals surface area (Å²) < 4.78 is 0.658. The Bertz CT molecular complexity index is 429. The van der Waals surface area contributed by atoms with Crippen molar-refractivity contribution in [3.63, 3.8) is 0 Å². The average molecular weight is 272 g/mol. The number of carbonyl (C=O) groups excluding carboxylic acids is 1. The Labute approximate surface area is 95.4 Å². The molecule has 2 N–H and O–H groups in total. The highest BCUT2D eigenvalue weighted by Crippen LogP contribution is 2.26. The Hall–Kier alpha value is -1.36. The third-order valence-corrected chi connectivity index (χ3v) is 2.73. The number of hydrogen-bond donors (Lipinski definition) is 2. The van der Waals surface area contributed by atoms with Gasteiger partial charge in [-0.15, -0.1) is 0 Å². The largest absolute Gasteiger partial charge is 0.478 e. The first-order valence-corrected chi connectivity index (χ1v) is 5.02. The van der Waals surface area contributed by atoms with Gasteiger partial charge in [-0.3, -0.25) is 4.79 Å². The number of aromatic carboxylic acids is 1. The summed E-state index contributed by atoms with van der Waals surface area (Å²) in [6.45, 7) is 3.17. The predicted molar refractivity (Wildman–Crippen MR) is 60.1 cm³/mol. The maximum atomic E-state index is 10.9. The zero-order valence-corrected chi connectivity index (χ0v) is 9.88. The summed E-state index contributed by atoms with van der Waals surface area (Å²) in [6.07, 6.45) is 0. The van der Waals surface area contributed by atoms with Gasteiger partial charge >= 0.3 is 5.97 Å². The summed E-state index contributed by atoms with van der Waals surface area (Å²) in [6, 6.07) is 2.94. The van der Waals surface area contributed by atoms with Gasteiger partial charge in [0.1, 0.15) is 0 Å². The van der Waals surface area contributed by atoms with Crippen molar-refractivity contribution in [2.45, 2.75) is 13.8 Å². The van der Waals surface area contributed by atoms with Crippen LogP contribution in [0.1, 0.15) is 22.8 Å². The van der Waals surface area contributed by atoms with E-state index in [1.165, 1.54) is 19.1 Å². The van der Waals surface area contributed by atoms with Crippen molar-refractivity contribution in [3.8, 4) is 0 Å². The van der Waals surface area contributed by atoms with Gasteiger partial charge in [0, 0.05) is 17.1 Å². The summed E-state index contributed by atoms with van der Waals surface area (Å²) in [5.41, 5.74) is 1.45. The lowest BCUT2D eigenvalue weighted by molar-refractivity contribution is -0.114. The van der Waals surface area contributed by atoms with Crippen LogP contribution in [0.4, 0.5) is 5.69 Å². The van der Waals surface area contributed by atoms with Crippen LogP contribution in [0.15, 0.2) is 16.6 Å². The molecule has 0 saturated carbocycles. The zero-order valence-electron chi connectivity index (χ0n) is 8.30. The normalized spacial score (nSPS) is 9.80. The van der Waals surface area contributed by atoms with Crippen LogP contribution < -0.4 is 5.32 Å². The molecule has 15 heavy (non-hydrogen) atoms. The van der Waals surface area contributed by atoms with Crippen molar-refractivity contribution in [3.05, 3.63) is 27.7 Å². The van der Waals surface area contributed by atoms with Gasteiger partial charge in [-0.05, 0) is 24.6 Å². The first-order valence-electron chi connectivity index (χ1n) is 4.23. The summed E-state index contributed by atoms with van der Waals surface area (Å²) >= 11 is 3.24. The van der Waals surface area contributed by atoms with Crippen LogP contribution in [-0.4, -0.2) is 17.0 Å². The van der Waals surface area contributed by atoms with Gasteiger partial charge < -0.3 is 10.4 Å². The first kappa shape index (κ1) is 11.7. The van der Waals surface area contributed by atoms with Gasteiger partial charge in [0.15, 0.2) is 0 Å². The number of carboxylic acid groups (broad SMARTS) is 1. The third kappa shape index (κ3) is 2.79. The summed E-state index contributed by atoms with van der Waals surface area (Å²) in [7, 11) is 0. The Balaban J connectivity index is 3.24. The lowest BCUT2D eigenvalue weighted by atomic mass is 10.1. The summed E-state index contributed by atoms with van der Waals surface area (Å²) in [5, 5.41) is 11.4. The van der Waals surface area contributed by atoms with Gasteiger partial charge in [-0.1, -0.05) is 15.9 Å². The second kappa shape index (κ2) is 4.44. The van der Waals surface area contributed by atoms with E-state index in [9.17, 15) is 9.59 Å². The minimum atomic E-state index is -1.03. The lowest BCUT2D eigenvalue weighted by Gasteiger charge is -2.09. The molecule has 80 valence electrons. The molecule has 0 heterocycles. The number of benzene rings is 1. The Morgan fingerprint density at radius 3 is 2.47 bits per heavy atom. The smallest absolute Gasteiger partial charge is 0.335 e. The van der Waals surface area contributed by atoms with Crippen LogP contribution in [0.3, 0.4) is 0 Å². The monoisotopic (exact) mass is 271 g/mol. The quantitative estimate of drug-likeness (QED) is 0.868. The molecule has 0 saturated heterocycles. The highest BCUT2D eigenvalue weighted by Gasteiger charge is 2.10. The second-order valence-electron chi connectivity index (χ2n) is 3.12. The van der Waals surface area contributed by atoms with Crippen molar-refractivity contribution in [2.75, 3.05) is 5.32 Å². The molecule has 0 aliphatic heterocycles. The van der Waals surface area contributed by atoms with Crippen LogP contribution in [-0.2, 0) is 4.79 Å². The van der Waals surface area contributed by atoms with Crippen LogP contribution >= 0.6 is 15.9 Å². The molecule has 0 unspecified atom stereocenters. The topological polar surface area (TPSA) is 66.4 Å². The molecule has 0 atom stereocenters. The predicted octanol–water partition coefficient (Wildman–Crippen LogP) is 2.41. The zero-order chi connectivity index (χ0) is 11.6. The van der Waals surface area contributed by atoms with E-state index in [0.717, 1.165) is 5.56 Å². The number of halogens is 1. The first-order chi connectivity index (χ1) is 6.91. The number of rotatable bonds is 2. The number of carbonyl (C=O) groups is 2. The van der Waals surface area contributed by atoms with E-state index in [1.54, 1.807) is 6.92 Å². The molecule has 4 nitrogen and oxygen atoms in total. The molecule has 5 heteroatoms. The van der Waals surface area contributed by atoms with Gasteiger partial charge in [-0.25, -0.2) is 4.79 Å². The number of hydrogen-bond acceptors (Lipinski definition) is 2. The van der Waals surface area contributed by atoms with E-state index >= 15 is 0 Å². The number of anilines is 1. The van der Waals surface area contributed by atoms with Gasteiger partial charge in [0.05, 0.1) is 5.56 Å². The van der Waals surface area contributed by atoms with Crippen LogP contribution in [0, 0.1) is 6.92 Å². The molecule has 1 rings (SSSR count). The van der Waals surface area contributed by atoms with Gasteiger partial charge in [-0.2, -0.15) is 0 Å². The standard InChI is InChI=1S/C10H10BrNO3/c1-5-8(11)3-7(10(14)15)4-9(5)12-6(2)13/h3-4H,1-2H3,(H,12,13)(H,14,15). The molecule has 0 aromatic heterocycles. The van der Waals surface area contributed by atoms with E-state index in [4.69, 9.17) is 5.11 Å². The minimum Gasteiger partial charge on any atom is -0.478 e. The molecule has 1 aromatic rings. The maximum absolute atomic E-state index is 10.9. The summed E-state index contributed by atoms with van der Waals surface area (Å²) in [4.78, 5) is 21.7. The van der Waals surface area contributed by atoms with E-state index in [-0.39, 0.29) is 11.5 Å². The lowest BCUT2D eigenvalue weighted by Crippen LogP contribution is -2.09. The highest BCUT2D eigenvalue weighted by atomic mass is 79.9. The Morgan fingerprint density at radius 2 is 2.00 bits per heavy atom. The van der Waals surface area contributed by atoms with Crippen molar-refractivity contribution in [1.29, 1.82) is 0 Å². The molecule has 1 amide bonds. The molecule has 0 aliphatic rings. The van der Waals surface area contributed by atoms with E-state index in [1.807, 2.05) is 0 Å². The second-order valence-corrected chi connectivity index (χ2v) is 3.97. The Morgan fingerprint density at radius 1 is 1.40 bits per heavy atom. The van der Waals surface area contributed by atoms with Crippen LogP contribution in [0.25, 0.3) is 0 Å². The minimum absolute atomic E-state index is 0.135. The van der Waals surface area contributed by atoms with Crippen molar-refractivity contribution in [1.82, 2.24) is 0 Å². The fourth-order valence-corrected chi connectivity index (χ4v) is 1.58. The summed E-state index contributed by atoms with van der Waals surface area (Å²) in [5.74, 6) is -1.25. The van der Waals surface area contributed by atoms with Crippen LogP contribution in [0.5, 0.6) is 0 Å². The molecular weight excluding hydrogens is 262 g/mol. The SMILES string of the molecule is CC(=O)Nc1cc(C(=O)O)cc(Br)c1C. The van der Waals surface area contributed by atoms with E-state index < -0.39 is 5.97 Å². The maximum Gasteiger partial charge on any atom is 0.335 e. The fourth-order valence-electron chi connectivity index (χ4n) is 1.12. The van der Waals surface area contributed by atoms with Gasteiger partial charge in [0.25, 0.3) is 0 Å². The number of nitrogens with one attached hydrogen (secondary N) is 1. The highest BCUT2D eigenvalue weighted by molar-refractivity contribution is 9.10. The molecule has 0 aliphatic carbocycles. The van der Waals surface area contributed by atoms with E-state index in [2.05, 4.69) is 21.2 Å². The average Bonchev–Trinajstić information content (AvgIpc) is 2.11. The Kier molecular flexibility index (Phi) is 3.47. The molecule has 0 fully saturated rings. The van der Waals surface area contributed by atoms with Crippen molar-refractivity contribution in [2.24, 2.45) is 0 Å². The fraction of sp³-hybridized carbons (Fsp3) is 0.200. The van der Waals surface area contributed by atoms with Crippen molar-refractivity contribution < 1.29 is 14.7 Å². The molecule has 0 bridgehead atoms. The van der Waals surface area contributed by atoms with Crippen molar-refractivity contribution >= 4 is 33.5 Å². The van der Waals surface area contributed by atoms with Gasteiger partial charge in [0.2, 0.25) is 5.91 Å². The molecule has 0 radical (unpaired) electrons. The number of amides is 1. The molecule has 1 aromatic carbocycles. The molecular formula is C10H10BrNO3. The number of carboxylic acids is 1. The third-order valence-electron chi connectivity index (χ3n) is 1.90. The van der Waals surface area contributed by atoms with Crippen LogP contribution in [0.2, 0.25) is 0 Å². The molecule has 0 spiro atoms. The van der Waals surface area contributed by atoms with E-state index in [0.29, 0.717) is 10.2 Å².